The summed E-state index contributed by atoms with van der Waals surface area (Å²) < 4.78 is 0. The number of benzene rings is 1. The van der Waals surface area contributed by atoms with Gasteiger partial charge in [-0.15, -0.1) is 0 Å². The van der Waals surface area contributed by atoms with E-state index in [1.165, 1.54) is 0 Å². The summed E-state index contributed by atoms with van der Waals surface area (Å²) in [6.45, 7) is 5.60. The quantitative estimate of drug-likeness (QED) is 0.927. The predicted molar refractivity (Wildman–Crippen MR) is 85.2 cm³/mol. The molecule has 1 heterocycles. The molecule has 2 fully saturated rings. The van der Waals surface area contributed by atoms with Gasteiger partial charge in [0.25, 0.3) is 0 Å². The van der Waals surface area contributed by atoms with Crippen LogP contribution in [0, 0.1) is 11.3 Å². The van der Waals surface area contributed by atoms with E-state index in [4.69, 9.17) is 11.6 Å². The Labute approximate surface area is 131 Å². The molecule has 2 aliphatic rings. The van der Waals surface area contributed by atoms with Crippen LogP contribution in [0.15, 0.2) is 24.3 Å². The standard InChI is InChI=1S/C17H23ClN2O/c1-2-20(12-13-4-3-5-14(18)10-13)16(21)15-11-17(15)6-8-19-9-7-17/h3-5,10,15,19H,2,6-9,11-12H2,1H3. The first-order valence-corrected chi connectivity index (χ1v) is 8.26. The van der Waals surface area contributed by atoms with Crippen LogP contribution in [0.3, 0.4) is 0 Å². The van der Waals surface area contributed by atoms with Gasteiger partial charge in [-0.2, -0.15) is 0 Å². The number of carbonyl (C=O) groups is 1. The van der Waals surface area contributed by atoms with E-state index in [1.807, 2.05) is 29.2 Å². The first kappa shape index (κ1) is 14.9. The molecule has 1 aliphatic carbocycles. The Bertz CT molecular complexity index is 525. The molecule has 1 atom stereocenters. The SMILES string of the molecule is CCN(Cc1cccc(Cl)c1)C(=O)C1CC12CCNCC2. The number of hydrogen-bond donors (Lipinski definition) is 1. The first-order chi connectivity index (χ1) is 10.1. The average Bonchev–Trinajstić information content (AvgIpc) is 3.18. The lowest BCUT2D eigenvalue weighted by Crippen LogP contribution is -2.36. The number of rotatable bonds is 4. The zero-order chi connectivity index (χ0) is 14.9. The van der Waals surface area contributed by atoms with Crippen molar-refractivity contribution in [3.8, 4) is 0 Å². The minimum Gasteiger partial charge on any atom is -0.338 e. The van der Waals surface area contributed by atoms with Crippen LogP contribution in [0.25, 0.3) is 0 Å². The van der Waals surface area contributed by atoms with E-state index in [-0.39, 0.29) is 5.92 Å². The fraction of sp³-hybridized carbons (Fsp3) is 0.588. The van der Waals surface area contributed by atoms with Gasteiger partial charge in [0.05, 0.1) is 0 Å². The van der Waals surface area contributed by atoms with Crippen molar-refractivity contribution in [1.29, 1.82) is 0 Å². The van der Waals surface area contributed by atoms with Gasteiger partial charge in [-0.05, 0) is 62.4 Å². The Kier molecular flexibility index (Phi) is 4.23. The Morgan fingerprint density at radius 1 is 1.43 bits per heavy atom. The summed E-state index contributed by atoms with van der Waals surface area (Å²) in [4.78, 5) is 14.8. The molecule has 1 aromatic rings. The minimum atomic E-state index is 0.249. The number of amides is 1. The molecule has 3 rings (SSSR count). The van der Waals surface area contributed by atoms with Crippen LogP contribution >= 0.6 is 11.6 Å². The fourth-order valence-corrected chi connectivity index (χ4v) is 3.81. The van der Waals surface area contributed by atoms with Gasteiger partial charge in [-0.3, -0.25) is 4.79 Å². The summed E-state index contributed by atoms with van der Waals surface area (Å²) in [6, 6.07) is 7.80. The lowest BCUT2D eigenvalue weighted by atomic mass is 9.91. The smallest absolute Gasteiger partial charge is 0.226 e. The fourth-order valence-electron chi connectivity index (χ4n) is 3.60. The highest BCUT2D eigenvalue weighted by molar-refractivity contribution is 6.30. The minimum absolute atomic E-state index is 0.249. The van der Waals surface area contributed by atoms with Gasteiger partial charge in [0.15, 0.2) is 0 Å². The Morgan fingerprint density at radius 3 is 2.86 bits per heavy atom. The van der Waals surface area contributed by atoms with E-state index in [0.29, 0.717) is 17.9 Å². The van der Waals surface area contributed by atoms with E-state index in [1.54, 1.807) is 0 Å². The molecule has 21 heavy (non-hydrogen) atoms. The van der Waals surface area contributed by atoms with E-state index in [9.17, 15) is 4.79 Å². The van der Waals surface area contributed by atoms with E-state index >= 15 is 0 Å². The second kappa shape index (κ2) is 5.98. The third-order valence-corrected chi connectivity index (χ3v) is 5.28. The zero-order valence-electron chi connectivity index (χ0n) is 12.6. The molecular formula is C17H23ClN2O. The highest BCUT2D eigenvalue weighted by Crippen LogP contribution is 2.59. The number of carbonyl (C=O) groups excluding carboxylic acids is 1. The van der Waals surface area contributed by atoms with Gasteiger partial charge in [0, 0.05) is 24.0 Å². The van der Waals surface area contributed by atoms with Crippen LogP contribution in [0.5, 0.6) is 0 Å². The molecule has 1 spiro atoms. The monoisotopic (exact) mass is 306 g/mol. The van der Waals surface area contributed by atoms with Crippen LogP contribution in [0.2, 0.25) is 5.02 Å². The van der Waals surface area contributed by atoms with Gasteiger partial charge < -0.3 is 10.2 Å². The molecule has 1 unspecified atom stereocenters. The molecule has 1 saturated carbocycles. The van der Waals surface area contributed by atoms with Crippen molar-refractivity contribution in [2.75, 3.05) is 19.6 Å². The number of piperidine rings is 1. The summed E-state index contributed by atoms with van der Waals surface area (Å²) >= 11 is 6.03. The van der Waals surface area contributed by atoms with Gasteiger partial charge in [0.2, 0.25) is 5.91 Å². The maximum Gasteiger partial charge on any atom is 0.226 e. The van der Waals surface area contributed by atoms with Crippen LogP contribution in [-0.2, 0) is 11.3 Å². The average molecular weight is 307 g/mol. The van der Waals surface area contributed by atoms with Crippen molar-refractivity contribution >= 4 is 17.5 Å². The van der Waals surface area contributed by atoms with Crippen LogP contribution < -0.4 is 5.32 Å². The molecule has 0 radical (unpaired) electrons. The van der Waals surface area contributed by atoms with Crippen LogP contribution in [0.1, 0.15) is 31.7 Å². The molecule has 0 aromatic heterocycles. The molecule has 4 heteroatoms. The van der Waals surface area contributed by atoms with Crippen molar-refractivity contribution in [3.05, 3.63) is 34.9 Å². The highest BCUT2D eigenvalue weighted by Gasteiger charge is 2.58. The number of hydrogen-bond acceptors (Lipinski definition) is 2. The van der Waals surface area contributed by atoms with Gasteiger partial charge in [-0.1, -0.05) is 23.7 Å². The van der Waals surface area contributed by atoms with Crippen molar-refractivity contribution in [1.82, 2.24) is 10.2 Å². The molecule has 1 aliphatic heterocycles. The summed E-state index contributed by atoms with van der Waals surface area (Å²) in [5.74, 6) is 0.582. The van der Waals surface area contributed by atoms with Crippen molar-refractivity contribution in [3.63, 3.8) is 0 Å². The van der Waals surface area contributed by atoms with Gasteiger partial charge in [-0.25, -0.2) is 0 Å². The lowest BCUT2D eigenvalue weighted by molar-refractivity contribution is -0.134. The highest BCUT2D eigenvalue weighted by atomic mass is 35.5. The van der Waals surface area contributed by atoms with Crippen molar-refractivity contribution in [2.45, 2.75) is 32.7 Å². The molecule has 114 valence electrons. The predicted octanol–water partition coefficient (Wildman–Crippen LogP) is 3.08. The van der Waals surface area contributed by atoms with Crippen LogP contribution in [-0.4, -0.2) is 30.4 Å². The first-order valence-electron chi connectivity index (χ1n) is 7.88. The van der Waals surface area contributed by atoms with E-state index in [0.717, 1.165) is 49.5 Å². The molecule has 1 saturated heterocycles. The van der Waals surface area contributed by atoms with E-state index < -0.39 is 0 Å². The molecule has 1 aromatic carbocycles. The Hall–Kier alpha value is -1.06. The van der Waals surface area contributed by atoms with E-state index in [2.05, 4.69) is 12.2 Å². The maximum absolute atomic E-state index is 12.8. The van der Waals surface area contributed by atoms with Gasteiger partial charge in [0.1, 0.15) is 0 Å². The normalized spacial score (nSPS) is 23.0. The second-order valence-electron chi connectivity index (χ2n) is 6.35. The Balaban J connectivity index is 1.65. The molecule has 3 nitrogen and oxygen atoms in total. The third-order valence-electron chi connectivity index (χ3n) is 5.04. The largest absolute Gasteiger partial charge is 0.338 e. The maximum atomic E-state index is 12.8. The summed E-state index contributed by atoms with van der Waals surface area (Å²) in [7, 11) is 0. The molecular weight excluding hydrogens is 284 g/mol. The topological polar surface area (TPSA) is 32.3 Å². The number of nitrogens with one attached hydrogen (secondary N) is 1. The molecule has 0 bridgehead atoms. The van der Waals surface area contributed by atoms with Crippen LogP contribution in [0.4, 0.5) is 0 Å². The van der Waals surface area contributed by atoms with Crippen molar-refractivity contribution < 1.29 is 4.79 Å². The molecule has 1 N–H and O–H groups in total. The second-order valence-corrected chi connectivity index (χ2v) is 6.79. The van der Waals surface area contributed by atoms with Crippen molar-refractivity contribution in [2.24, 2.45) is 11.3 Å². The lowest BCUT2D eigenvalue weighted by Gasteiger charge is -2.26. The summed E-state index contributed by atoms with van der Waals surface area (Å²) in [5, 5.41) is 4.12. The number of halogens is 1. The third kappa shape index (κ3) is 3.09. The zero-order valence-corrected chi connectivity index (χ0v) is 13.3. The van der Waals surface area contributed by atoms with Gasteiger partial charge >= 0.3 is 0 Å². The molecule has 1 amide bonds. The summed E-state index contributed by atoms with van der Waals surface area (Å²) in [6.07, 6.45) is 3.38. The number of nitrogens with zero attached hydrogens (tertiary/aromatic N) is 1. The Morgan fingerprint density at radius 2 is 2.19 bits per heavy atom. The summed E-state index contributed by atoms with van der Waals surface area (Å²) in [5.41, 5.74) is 1.42.